The minimum absolute atomic E-state index is 0.0830. The minimum atomic E-state index is -0.804. The van der Waals surface area contributed by atoms with Crippen LogP contribution in [-0.2, 0) is 4.79 Å². The largest absolute Gasteiger partial charge is 0.490 e. The molecule has 0 aromatic heterocycles. The third-order valence-corrected chi connectivity index (χ3v) is 2.97. The van der Waals surface area contributed by atoms with E-state index in [9.17, 15) is 4.79 Å². The number of aliphatic carboxylic acids is 1. The van der Waals surface area contributed by atoms with Crippen molar-refractivity contribution in [1.82, 2.24) is 0 Å². The molecule has 2 rings (SSSR count). The van der Waals surface area contributed by atoms with Gasteiger partial charge in [-0.3, -0.25) is 4.79 Å². The SMILES string of the molecule is O=C(O)CSc1ccc2c(c1)NCCO2. The van der Waals surface area contributed by atoms with Crippen molar-refractivity contribution in [1.29, 1.82) is 0 Å². The van der Waals surface area contributed by atoms with Gasteiger partial charge < -0.3 is 15.2 Å². The highest BCUT2D eigenvalue weighted by molar-refractivity contribution is 8.00. The van der Waals surface area contributed by atoms with Crippen LogP contribution in [0.4, 0.5) is 5.69 Å². The highest BCUT2D eigenvalue weighted by atomic mass is 32.2. The summed E-state index contributed by atoms with van der Waals surface area (Å²) in [6.07, 6.45) is 0. The van der Waals surface area contributed by atoms with Gasteiger partial charge in [-0.1, -0.05) is 0 Å². The number of carboxylic acid groups (broad SMARTS) is 1. The van der Waals surface area contributed by atoms with Gasteiger partial charge in [0, 0.05) is 11.4 Å². The Morgan fingerprint density at radius 2 is 2.47 bits per heavy atom. The van der Waals surface area contributed by atoms with Gasteiger partial charge in [-0.05, 0) is 18.2 Å². The van der Waals surface area contributed by atoms with Crippen molar-refractivity contribution >= 4 is 23.4 Å². The first-order valence-electron chi connectivity index (χ1n) is 4.61. The lowest BCUT2D eigenvalue weighted by molar-refractivity contribution is -0.133. The van der Waals surface area contributed by atoms with Crippen LogP contribution in [0.5, 0.6) is 5.75 Å². The second-order valence-electron chi connectivity index (χ2n) is 3.12. The Labute approximate surface area is 91.6 Å². The summed E-state index contributed by atoms with van der Waals surface area (Å²) in [4.78, 5) is 11.3. The number of carbonyl (C=O) groups is 1. The standard InChI is InChI=1S/C10H11NO3S/c12-10(13)6-15-7-1-2-9-8(5-7)11-3-4-14-9/h1-2,5,11H,3-4,6H2,(H,12,13). The van der Waals surface area contributed by atoms with Crippen LogP contribution in [0.25, 0.3) is 0 Å². The summed E-state index contributed by atoms with van der Waals surface area (Å²) in [6.45, 7) is 1.47. The first-order chi connectivity index (χ1) is 7.25. The molecular weight excluding hydrogens is 214 g/mol. The van der Waals surface area contributed by atoms with Crippen LogP contribution in [0, 0.1) is 0 Å². The molecule has 80 valence electrons. The molecule has 4 nitrogen and oxygen atoms in total. The van der Waals surface area contributed by atoms with Crippen LogP contribution in [0.2, 0.25) is 0 Å². The van der Waals surface area contributed by atoms with Gasteiger partial charge in [0.25, 0.3) is 0 Å². The van der Waals surface area contributed by atoms with Crippen molar-refractivity contribution in [3.8, 4) is 5.75 Å². The van der Waals surface area contributed by atoms with Crippen LogP contribution in [0.15, 0.2) is 23.1 Å². The Hall–Kier alpha value is -1.36. The predicted octanol–water partition coefficient (Wildman–Crippen LogP) is 1.67. The molecule has 0 aliphatic carbocycles. The normalized spacial score (nSPS) is 13.6. The Morgan fingerprint density at radius 1 is 1.60 bits per heavy atom. The van der Waals surface area contributed by atoms with E-state index in [-0.39, 0.29) is 5.75 Å². The maximum atomic E-state index is 10.4. The van der Waals surface area contributed by atoms with E-state index in [0.717, 1.165) is 22.9 Å². The molecule has 1 heterocycles. The summed E-state index contributed by atoms with van der Waals surface area (Å²) >= 11 is 1.31. The number of benzene rings is 1. The Bertz CT molecular complexity index is 381. The molecule has 0 amide bonds. The second kappa shape index (κ2) is 4.44. The monoisotopic (exact) mass is 225 g/mol. The van der Waals surface area contributed by atoms with Gasteiger partial charge in [-0.15, -0.1) is 11.8 Å². The predicted molar refractivity (Wildman–Crippen MR) is 58.8 cm³/mol. The van der Waals surface area contributed by atoms with Crippen LogP contribution >= 0.6 is 11.8 Å². The van der Waals surface area contributed by atoms with Crippen LogP contribution in [0.1, 0.15) is 0 Å². The van der Waals surface area contributed by atoms with Crippen molar-refractivity contribution in [3.63, 3.8) is 0 Å². The van der Waals surface area contributed by atoms with E-state index in [4.69, 9.17) is 9.84 Å². The van der Waals surface area contributed by atoms with Crippen molar-refractivity contribution in [2.24, 2.45) is 0 Å². The molecule has 5 heteroatoms. The van der Waals surface area contributed by atoms with E-state index in [1.165, 1.54) is 11.8 Å². The quantitative estimate of drug-likeness (QED) is 0.766. The summed E-state index contributed by atoms with van der Waals surface area (Å²) in [6, 6.07) is 5.66. The van der Waals surface area contributed by atoms with Gasteiger partial charge in [-0.25, -0.2) is 0 Å². The number of ether oxygens (including phenoxy) is 1. The smallest absolute Gasteiger partial charge is 0.313 e. The van der Waals surface area contributed by atoms with E-state index in [1.54, 1.807) is 0 Å². The van der Waals surface area contributed by atoms with E-state index >= 15 is 0 Å². The first kappa shape index (κ1) is 10.2. The number of hydrogen-bond acceptors (Lipinski definition) is 4. The Balaban J connectivity index is 2.10. The maximum absolute atomic E-state index is 10.4. The molecule has 0 atom stereocenters. The average molecular weight is 225 g/mol. The molecule has 0 saturated heterocycles. The number of hydrogen-bond donors (Lipinski definition) is 2. The van der Waals surface area contributed by atoms with Crippen molar-refractivity contribution in [2.45, 2.75) is 4.90 Å². The number of fused-ring (bicyclic) bond motifs is 1. The second-order valence-corrected chi connectivity index (χ2v) is 4.16. The Morgan fingerprint density at radius 3 is 3.27 bits per heavy atom. The maximum Gasteiger partial charge on any atom is 0.313 e. The molecule has 0 spiro atoms. The zero-order valence-electron chi connectivity index (χ0n) is 8.03. The summed E-state index contributed by atoms with van der Waals surface area (Å²) in [5.41, 5.74) is 0.941. The molecular formula is C10H11NO3S. The van der Waals surface area contributed by atoms with E-state index < -0.39 is 5.97 Å². The Kier molecular flexibility index (Phi) is 3.01. The lowest BCUT2D eigenvalue weighted by Gasteiger charge is -2.19. The zero-order chi connectivity index (χ0) is 10.7. The van der Waals surface area contributed by atoms with Crippen LogP contribution in [-0.4, -0.2) is 30.0 Å². The highest BCUT2D eigenvalue weighted by Crippen LogP contribution is 2.31. The fourth-order valence-electron chi connectivity index (χ4n) is 1.35. The van der Waals surface area contributed by atoms with Gasteiger partial charge in [0.15, 0.2) is 0 Å². The van der Waals surface area contributed by atoms with Gasteiger partial charge in [0.1, 0.15) is 12.4 Å². The minimum Gasteiger partial charge on any atom is -0.490 e. The molecule has 0 saturated carbocycles. The molecule has 1 aromatic carbocycles. The molecule has 0 fully saturated rings. The highest BCUT2D eigenvalue weighted by Gasteiger charge is 2.10. The average Bonchev–Trinajstić information content (AvgIpc) is 2.26. The molecule has 2 N–H and O–H groups in total. The number of anilines is 1. The zero-order valence-corrected chi connectivity index (χ0v) is 8.84. The number of carboxylic acids is 1. The summed E-state index contributed by atoms with van der Waals surface area (Å²) in [7, 11) is 0. The van der Waals surface area contributed by atoms with Crippen molar-refractivity contribution < 1.29 is 14.6 Å². The van der Waals surface area contributed by atoms with E-state index in [1.807, 2.05) is 18.2 Å². The van der Waals surface area contributed by atoms with Crippen LogP contribution < -0.4 is 10.1 Å². The molecule has 15 heavy (non-hydrogen) atoms. The molecule has 1 aliphatic heterocycles. The fourth-order valence-corrected chi connectivity index (χ4v) is 2.01. The molecule has 0 radical (unpaired) electrons. The number of thioether (sulfide) groups is 1. The lowest BCUT2D eigenvalue weighted by Crippen LogP contribution is -2.17. The summed E-state index contributed by atoms with van der Waals surface area (Å²) in [5, 5.41) is 11.8. The molecule has 1 aliphatic rings. The van der Waals surface area contributed by atoms with Crippen molar-refractivity contribution in [2.75, 3.05) is 24.2 Å². The third kappa shape index (κ3) is 2.56. The van der Waals surface area contributed by atoms with E-state index in [0.29, 0.717) is 6.61 Å². The fraction of sp³-hybridized carbons (Fsp3) is 0.300. The van der Waals surface area contributed by atoms with Crippen molar-refractivity contribution in [3.05, 3.63) is 18.2 Å². The number of nitrogens with one attached hydrogen (secondary N) is 1. The molecule has 0 bridgehead atoms. The lowest BCUT2D eigenvalue weighted by atomic mass is 10.2. The molecule has 0 unspecified atom stereocenters. The third-order valence-electron chi connectivity index (χ3n) is 1.99. The first-order valence-corrected chi connectivity index (χ1v) is 5.59. The number of rotatable bonds is 3. The van der Waals surface area contributed by atoms with Gasteiger partial charge in [0.05, 0.1) is 11.4 Å². The molecule has 1 aromatic rings. The summed E-state index contributed by atoms with van der Waals surface area (Å²) < 4.78 is 5.42. The van der Waals surface area contributed by atoms with Gasteiger partial charge in [-0.2, -0.15) is 0 Å². The van der Waals surface area contributed by atoms with Crippen LogP contribution in [0.3, 0.4) is 0 Å². The van der Waals surface area contributed by atoms with E-state index in [2.05, 4.69) is 5.32 Å². The summed E-state index contributed by atoms with van der Waals surface area (Å²) in [5.74, 6) is 0.113. The topological polar surface area (TPSA) is 58.6 Å². The van der Waals surface area contributed by atoms with Gasteiger partial charge >= 0.3 is 5.97 Å². The van der Waals surface area contributed by atoms with Gasteiger partial charge in [0.2, 0.25) is 0 Å².